The van der Waals surface area contributed by atoms with E-state index in [1.54, 1.807) is 12.4 Å². The van der Waals surface area contributed by atoms with Crippen molar-refractivity contribution >= 4 is 11.8 Å². The summed E-state index contributed by atoms with van der Waals surface area (Å²) in [6, 6.07) is 0. The number of nitrogens with zero attached hydrogens (tertiary/aromatic N) is 2. The number of carboxylic acid groups (broad SMARTS) is 1. The number of nitrogens with two attached hydrogens (primary N) is 1. The molecular weight excluding hydrogens is 278 g/mol. The third kappa shape index (κ3) is 5.39. The Bertz CT molecular complexity index is 441. The molecule has 0 fully saturated rings. The molecule has 2 N–H and O–H groups in total. The lowest BCUT2D eigenvalue weighted by atomic mass is 10.1. The Hall–Kier alpha value is -1.46. The van der Waals surface area contributed by atoms with E-state index in [1.807, 2.05) is 13.8 Å². The zero-order chi connectivity index (χ0) is 16.4. The molecule has 1 aliphatic heterocycles. The molecule has 0 saturated heterocycles. The quantitative estimate of drug-likeness (QED) is 0.360. The van der Waals surface area contributed by atoms with Gasteiger partial charge in [-0.2, -0.15) is 0 Å². The number of carboxylic acids is 1. The van der Waals surface area contributed by atoms with Gasteiger partial charge in [-0.25, -0.2) is 9.48 Å². The van der Waals surface area contributed by atoms with Crippen LogP contribution >= 0.6 is 0 Å². The molecular formula is C17H29N3O2. The first-order valence-corrected chi connectivity index (χ1v) is 8.22. The van der Waals surface area contributed by atoms with Crippen LogP contribution in [0.25, 0.3) is 0 Å². The molecule has 0 bridgehead atoms. The van der Waals surface area contributed by atoms with E-state index in [4.69, 9.17) is 5.73 Å². The lowest BCUT2D eigenvalue weighted by Crippen LogP contribution is -2.60. The van der Waals surface area contributed by atoms with E-state index >= 15 is 0 Å². The zero-order valence-corrected chi connectivity index (χ0v) is 13.8. The van der Waals surface area contributed by atoms with E-state index in [0.29, 0.717) is 0 Å². The van der Waals surface area contributed by atoms with Crippen LogP contribution in [0.4, 0.5) is 0 Å². The summed E-state index contributed by atoms with van der Waals surface area (Å²) in [6.07, 6.45) is 15.2. The maximum Gasteiger partial charge on any atom is 0.209 e. The molecule has 0 radical (unpaired) electrons. The summed E-state index contributed by atoms with van der Waals surface area (Å²) < 4.78 is 0.101. The van der Waals surface area contributed by atoms with Gasteiger partial charge in [0.15, 0.2) is 0 Å². The summed E-state index contributed by atoms with van der Waals surface area (Å²) in [5, 5.41) is 11.0. The van der Waals surface area contributed by atoms with Gasteiger partial charge in [0.2, 0.25) is 5.84 Å². The minimum Gasteiger partial charge on any atom is -0.544 e. The summed E-state index contributed by atoms with van der Waals surface area (Å²) in [4.78, 5) is 15.4. The number of unbranched alkanes of at least 4 members (excludes halogenated alkanes) is 5. The number of amidine groups is 1. The number of hydrogen-bond donors (Lipinski definition) is 1. The maximum atomic E-state index is 11.0. The van der Waals surface area contributed by atoms with E-state index in [0.717, 1.165) is 31.5 Å². The lowest BCUT2D eigenvalue weighted by Gasteiger charge is -2.36. The highest BCUT2D eigenvalue weighted by Crippen LogP contribution is 2.23. The molecule has 0 aliphatic carbocycles. The maximum absolute atomic E-state index is 11.0. The molecule has 0 amide bonds. The van der Waals surface area contributed by atoms with Crippen LogP contribution in [0.1, 0.15) is 58.8 Å². The molecule has 1 heterocycles. The smallest absolute Gasteiger partial charge is 0.209 e. The first kappa shape index (κ1) is 18.6. The van der Waals surface area contributed by atoms with Crippen molar-refractivity contribution in [3.63, 3.8) is 0 Å². The van der Waals surface area contributed by atoms with E-state index in [2.05, 4.69) is 17.1 Å². The lowest BCUT2D eigenvalue weighted by molar-refractivity contribution is -0.808. The Kier molecular flexibility index (Phi) is 8.06. The summed E-state index contributed by atoms with van der Waals surface area (Å²) in [5.74, 6) is -0.256. The largest absolute Gasteiger partial charge is 0.544 e. The SMILES string of the molecule is C/C=C/CCCCCCCC1=NC=C[N+]1(CC(=O)[O-])C(C)N. The summed E-state index contributed by atoms with van der Waals surface area (Å²) in [6.45, 7) is 3.72. The molecule has 0 aromatic heterocycles. The minimum absolute atomic E-state index is 0.101. The van der Waals surface area contributed by atoms with E-state index in [9.17, 15) is 9.90 Å². The van der Waals surface area contributed by atoms with Crippen LogP contribution in [0, 0.1) is 0 Å². The third-order valence-corrected chi connectivity index (χ3v) is 4.16. The standard InChI is InChI=1S/C17H29N3O2/c1-3-4-5-6-7-8-9-10-11-16-19-12-13-20(16,15(2)18)14-17(21)22/h3-4,12-13,15H,5-11,14,18H2,1-2H3/b4-3+. The molecule has 0 aromatic carbocycles. The van der Waals surface area contributed by atoms with Gasteiger partial charge in [-0.1, -0.05) is 31.4 Å². The van der Waals surface area contributed by atoms with Crippen molar-refractivity contribution in [2.45, 2.75) is 65.0 Å². The predicted octanol–water partition coefficient (Wildman–Crippen LogP) is 2.05. The van der Waals surface area contributed by atoms with E-state index in [1.165, 1.54) is 19.3 Å². The van der Waals surface area contributed by atoms with Gasteiger partial charge in [0.05, 0.1) is 12.2 Å². The fourth-order valence-corrected chi connectivity index (χ4v) is 2.82. The van der Waals surface area contributed by atoms with Crippen molar-refractivity contribution in [2.75, 3.05) is 6.54 Å². The number of allylic oxidation sites excluding steroid dienone is 2. The summed E-state index contributed by atoms with van der Waals surface area (Å²) in [7, 11) is 0. The third-order valence-electron chi connectivity index (χ3n) is 4.16. The number of carbonyl (C=O) groups excluding carboxylic acids is 1. The number of hydrogen-bond acceptors (Lipinski definition) is 4. The number of carbonyl (C=O) groups is 1. The highest BCUT2D eigenvalue weighted by molar-refractivity contribution is 5.81. The summed E-state index contributed by atoms with van der Waals surface area (Å²) >= 11 is 0. The number of aliphatic imine (C=N–C) groups is 1. The monoisotopic (exact) mass is 307 g/mol. The Morgan fingerprint density at radius 1 is 1.36 bits per heavy atom. The minimum atomic E-state index is -1.10. The van der Waals surface area contributed by atoms with Gasteiger partial charge in [-0.05, 0) is 26.2 Å². The molecule has 2 unspecified atom stereocenters. The van der Waals surface area contributed by atoms with Crippen molar-refractivity contribution < 1.29 is 14.4 Å². The average molecular weight is 307 g/mol. The number of quaternary nitrogens is 1. The Balaban J connectivity index is 2.36. The molecule has 0 spiro atoms. The Morgan fingerprint density at radius 3 is 2.68 bits per heavy atom. The Labute approximate surface area is 133 Å². The average Bonchev–Trinajstić information content (AvgIpc) is 2.85. The fourth-order valence-electron chi connectivity index (χ4n) is 2.82. The molecule has 1 aliphatic rings. The highest BCUT2D eigenvalue weighted by Gasteiger charge is 2.38. The molecule has 2 atom stereocenters. The molecule has 22 heavy (non-hydrogen) atoms. The highest BCUT2D eigenvalue weighted by atomic mass is 16.4. The van der Waals surface area contributed by atoms with Gasteiger partial charge in [-0.15, -0.1) is 0 Å². The van der Waals surface area contributed by atoms with E-state index < -0.39 is 5.97 Å². The molecule has 124 valence electrons. The molecule has 5 heteroatoms. The van der Waals surface area contributed by atoms with Crippen molar-refractivity contribution in [3.8, 4) is 0 Å². The van der Waals surface area contributed by atoms with Crippen LogP contribution in [0.2, 0.25) is 0 Å². The van der Waals surface area contributed by atoms with Crippen LogP contribution in [0.3, 0.4) is 0 Å². The second kappa shape index (κ2) is 9.54. The van der Waals surface area contributed by atoms with Crippen LogP contribution in [0.15, 0.2) is 29.5 Å². The zero-order valence-electron chi connectivity index (χ0n) is 13.8. The van der Waals surface area contributed by atoms with Gasteiger partial charge in [0.1, 0.15) is 18.9 Å². The van der Waals surface area contributed by atoms with Crippen molar-refractivity contribution in [1.82, 2.24) is 0 Å². The van der Waals surface area contributed by atoms with Crippen molar-refractivity contribution in [2.24, 2.45) is 10.7 Å². The van der Waals surface area contributed by atoms with Crippen molar-refractivity contribution in [3.05, 3.63) is 24.6 Å². The van der Waals surface area contributed by atoms with Gasteiger partial charge in [0.25, 0.3) is 0 Å². The molecule has 0 aromatic rings. The van der Waals surface area contributed by atoms with Gasteiger partial charge >= 0.3 is 0 Å². The van der Waals surface area contributed by atoms with Crippen LogP contribution < -0.4 is 10.8 Å². The fraction of sp³-hybridized carbons (Fsp3) is 0.647. The second-order valence-electron chi connectivity index (χ2n) is 5.92. The Morgan fingerprint density at radius 2 is 2.05 bits per heavy atom. The van der Waals surface area contributed by atoms with Crippen LogP contribution in [0.5, 0.6) is 0 Å². The molecule has 0 saturated carbocycles. The molecule has 1 rings (SSSR count). The first-order valence-electron chi connectivity index (χ1n) is 8.22. The number of aliphatic carboxylic acids is 1. The van der Waals surface area contributed by atoms with Crippen LogP contribution in [-0.2, 0) is 4.79 Å². The van der Waals surface area contributed by atoms with Crippen LogP contribution in [-0.4, -0.2) is 29.0 Å². The topological polar surface area (TPSA) is 78.5 Å². The summed E-state index contributed by atoms with van der Waals surface area (Å²) in [5.41, 5.74) is 6.01. The second-order valence-corrected chi connectivity index (χ2v) is 5.92. The van der Waals surface area contributed by atoms with Gasteiger partial charge < -0.3 is 9.90 Å². The van der Waals surface area contributed by atoms with E-state index in [-0.39, 0.29) is 17.2 Å². The normalized spacial score (nSPS) is 22.2. The van der Waals surface area contributed by atoms with Crippen molar-refractivity contribution in [1.29, 1.82) is 0 Å². The first-order chi connectivity index (χ1) is 10.5. The predicted molar refractivity (Wildman–Crippen MR) is 87.5 cm³/mol. The number of rotatable bonds is 11. The molecule has 5 nitrogen and oxygen atoms in total. The van der Waals surface area contributed by atoms with Gasteiger partial charge in [0, 0.05) is 13.3 Å². The van der Waals surface area contributed by atoms with Gasteiger partial charge in [-0.3, -0.25) is 5.73 Å².